The van der Waals surface area contributed by atoms with Gasteiger partial charge in [-0.25, -0.2) is 4.98 Å². The average molecular weight is 337 g/mol. The Labute approximate surface area is 141 Å². The molecule has 0 bridgehead atoms. The highest BCUT2D eigenvalue weighted by Gasteiger charge is 2.18. The van der Waals surface area contributed by atoms with E-state index in [0.29, 0.717) is 6.10 Å². The van der Waals surface area contributed by atoms with Gasteiger partial charge in [0.05, 0.1) is 17.3 Å². The molecule has 0 aromatic carbocycles. The van der Waals surface area contributed by atoms with Gasteiger partial charge in [0.25, 0.3) is 0 Å². The van der Waals surface area contributed by atoms with Crippen LogP contribution >= 0.6 is 22.7 Å². The third-order valence-corrected chi connectivity index (χ3v) is 6.33. The number of nitrogens with zero attached hydrogens (tertiary/aromatic N) is 2. The fourth-order valence-electron chi connectivity index (χ4n) is 2.82. The Morgan fingerprint density at radius 3 is 3.00 bits per heavy atom. The van der Waals surface area contributed by atoms with Gasteiger partial charge in [-0.3, -0.25) is 0 Å². The van der Waals surface area contributed by atoms with Gasteiger partial charge in [-0.1, -0.05) is 0 Å². The standard InChI is InChI=1S/C17H24N2OS2/c1-13-16(21-12-18-13)8-9-19(2)11-14-6-7-17(22-14)15-5-3-4-10-20-15/h6-7,12,15H,3-5,8-11H2,1-2H3/t15-/m0/s1. The number of hydrogen-bond acceptors (Lipinski definition) is 5. The fourth-order valence-corrected chi connectivity index (χ4v) is 4.77. The highest BCUT2D eigenvalue weighted by atomic mass is 32.1. The molecule has 0 saturated carbocycles. The first-order valence-corrected chi connectivity index (χ1v) is 9.69. The molecule has 0 amide bonds. The van der Waals surface area contributed by atoms with Crippen LogP contribution in [0.15, 0.2) is 17.6 Å². The molecule has 0 spiro atoms. The molecule has 3 rings (SSSR count). The number of aromatic nitrogens is 1. The Bertz CT molecular complexity index is 587. The van der Waals surface area contributed by atoms with Gasteiger partial charge in [-0.05, 0) is 51.8 Å². The average Bonchev–Trinajstić information content (AvgIpc) is 3.15. The first-order valence-electron chi connectivity index (χ1n) is 8.00. The molecule has 120 valence electrons. The predicted molar refractivity (Wildman–Crippen MR) is 93.8 cm³/mol. The molecule has 3 heterocycles. The minimum absolute atomic E-state index is 0.345. The van der Waals surface area contributed by atoms with Gasteiger partial charge in [0.1, 0.15) is 0 Å². The van der Waals surface area contributed by atoms with Gasteiger partial charge in [-0.2, -0.15) is 0 Å². The Morgan fingerprint density at radius 1 is 1.36 bits per heavy atom. The third-order valence-electron chi connectivity index (χ3n) is 4.17. The van der Waals surface area contributed by atoms with Crippen molar-refractivity contribution in [3.63, 3.8) is 0 Å². The number of thiazole rings is 1. The van der Waals surface area contributed by atoms with E-state index in [4.69, 9.17) is 4.74 Å². The Balaban J connectivity index is 1.50. The number of thiophene rings is 1. The summed E-state index contributed by atoms with van der Waals surface area (Å²) in [7, 11) is 2.20. The molecular weight excluding hydrogens is 312 g/mol. The van der Waals surface area contributed by atoms with Gasteiger partial charge in [-0.15, -0.1) is 22.7 Å². The molecule has 0 unspecified atom stereocenters. The van der Waals surface area contributed by atoms with Crippen LogP contribution < -0.4 is 0 Å². The second-order valence-corrected chi connectivity index (χ2v) is 8.15. The maximum Gasteiger partial charge on any atom is 0.0916 e. The monoisotopic (exact) mass is 336 g/mol. The second-order valence-electron chi connectivity index (χ2n) is 6.01. The minimum Gasteiger partial charge on any atom is -0.373 e. The van der Waals surface area contributed by atoms with Crippen LogP contribution in [0, 0.1) is 6.92 Å². The van der Waals surface area contributed by atoms with Gasteiger partial charge >= 0.3 is 0 Å². The van der Waals surface area contributed by atoms with Crippen molar-refractivity contribution in [2.45, 2.75) is 45.3 Å². The number of aryl methyl sites for hydroxylation is 1. The molecule has 1 aliphatic rings. The molecule has 1 saturated heterocycles. The van der Waals surface area contributed by atoms with Crippen molar-refractivity contribution >= 4 is 22.7 Å². The van der Waals surface area contributed by atoms with E-state index in [-0.39, 0.29) is 0 Å². The van der Waals surface area contributed by atoms with E-state index in [9.17, 15) is 0 Å². The quantitative estimate of drug-likeness (QED) is 0.780. The molecule has 0 radical (unpaired) electrons. The molecule has 1 fully saturated rings. The van der Waals surface area contributed by atoms with Gasteiger partial charge in [0.15, 0.2) is 0 Å². The summed E-state index contributed by atoms with van der Waals surface area (Å²) in [5.74, 6) is 0. The molecule has 1 atom stereocenters. The van der Waals surface area contributed by atoms with Crippen molar-refractivity contribution in [2.24, 2.45) is 0 Å². The van der Waals surface area contributed by atoms with Crippen molar-refractivity contribution in [1.82, 2.24) is 9.88 Å². The summed E-state index contributed by atoms with van der Waals surface area (Å²) in [6.07, 6.45) is 5.13. The molecule has 0 aliphatic carbocycles. The van der Waals surface area contributed by atoms with Crippen LogP contribution in [0.3, 0.4) is 0 Å². The molecule has 1 aliphatic heterocycles. The molecule has 5 heteroatoms. The number of rotatable bonds is 6. The molecule has 3 nitrogen and oxygen atoms in total. The summed E-state index contributed by atoms with van der Waals surface area (Å²) < 4.78 is 5.88. The zero-order valence-corrected chi connectivity index (χ0v) is 15.0. The molecule has 2 aromatic heterocycles. The van der Waals surface area contributed by atoms with Crippen molar-refractivity contribution in [3.8, 4) is 0 Å². The Morgan fingerprint density at radius 2 is 2.27 bits per heavy atom. The topological polar surface area (TPSA) is 25.4 Å². The van der Waals surface area contributed by atoms with E-state index in [0.717, 1.165) is 26.1 Å². The van der Waals surface area contributed by atoms with Crippen LogP contribution in [-0.4, -0.2) is 30.1 Å². The van der Waals surface area contributed by atoms with E-state index < -0.39 is 0 Å². The van der Waals surface area contributed by atoms with E-state index >= 15 is 0 Å². The highest BCUT2D eigenvalue weighted by Crippen LogP contribution is 2.33. The minimum atomic E-state index is 0.345. The first-order chi connectivity index (χ1) is 10.7. The number of ether oxygens (including phenoxy) is 1. The summed E-state index contributed by atoms with van der Waals surface area (Å²) in [6, 6.07) is 4.53. The zero-order valence-electron chi connectivity index (χ0n) is 13.4. The fraction of sp³-hybridized carbons (Fsp3) is 0.588. The summed E-state index contributed by atoms with van der Waals surface area (Å²) in [6.45, 7) is 5.12. The maximum absolute atomic E-state index is 5.88. The second kappa shape index (κ2) is 7.68. The predicted octanol–water partition coefficient (Wildman–Crippen LogP) is 4.43. The van der Waals surface area contributed by atoms with Crippen molar-refractivity contribution < 1.29 is 4.74 Å². The highest BCUT2D eigenvalue weighted by molar-refractivity contribution is 7.12. The van der Waals surface area contributed by atoms with Crippen LogP contribution in [0.25, 0.3) is 0 Å². The smallest absolute Gasteiger partial charge is 0.0916 e. The number of hydrogen-bond donors (Lipinski definition) is 0. The zero-order chi connectivity index (χ0) is 15.4. The normalized spacial score (nSPS) is 19.0. The lowest BCUT2D eigenvalue weighted by molar-refractivity contribution is 0.0172. The van der Waals surface area contributed by atoms with E-state index in [1.54, 1.807) is 11.3 Å². The molecular formula is C17H24N2OS2. The lowest BCUT2D eigenvalue weighted by atomic mass is 10.1. The van der Waals surface area contributed by atoms with Crippen molar-refractivity contribution in [3.05, 3.63) is 38.0 Å². The molecule has 2 aromatic rings. The largest absolute Gasteiger partial charge is 0.373 e. The maximum atomic E-state index is 5.88. The van der Waals surface area contributed by atoms with Gasteiger partial charge in [0.2, 0.25) is 0 Å². The SMILES string of the molecule is Cc1ncsc1CCN(C)Cc1ccc([C@@H]2CCCCO2)s1. The Hall–Kier alpha value is -0.750. The van der Waals surface area contributed by atoms with Crippen LogP contribution in [0.5, 0.6) is 0 Å². The summed E-state index contributed by atoms with van der Waals surface area (Å²) in [5.41, 5.74) is 3.13. The lowest BCUT2D eigenvalue weighted by Gasteiger charge is -2.21. The van der Waals surface area contributed by atoms with E-state index in [1.165, 1.54) is 39.6 Å². The summed E-state index contributed by atoms with van der Waals surface area (Å²) in [5, 5.41) is 0. The first kappa shape index (κ1) is 16.1. The molecule has 0 N–H and O–H groups in total. The van der Waals surface area contributed by atoms with Crippen molar-refractivity contribution in [2.75, 3.05) is 20.2 Å². The summed E-state index contributed by atoms with van der Waals surface area (Å²) in [4.78, 5) is 11.0. The Kier molecular flexibility index (Phi) is 5.63. The van der Waals surface area contributed by atoms with Gasteiger partial charge in [0, 0.05) is 34.3 Å². The van der Waals surface area contributed by atoms with Crippen LogP contribution in [0.1, 0.15) is 45.7 Å². The van der Waals surface area contributed by atoms with Crippen LogP contribution in [0.4, 0.5) is 0 Å². The third kappa shape index (κ3) is 4.16. The van der Waals surface area contributed by atoms with Crippen LogP contribution in [0.2, 0.25) is 0 Å². The van der Waals surface area contributed by atoms with E-state index in [1.807, 2.05) is 16.8 Å². The van der Waals surface area contributed by atoms with Crippen molar-refractivity contribution in [1.29, 1.82) is 0 Å². The summed E-state index contributed by atoms with van der Waals surface area (Å²) >= 11 is 3.69. The number of likely N-dealkylation sites (N-methyl/N-ethyl adjacent to an activating group) is 1. The lowest BCUT2D eigenvalue weighted by Crippen LogP contribution is -2.20. The van der Waals surface area contributed by atoms with Gasteiger partial charge < -0.3 is 9.64 Å². The van der Waals surface area contributed by atoms with Crippen LogP contribution in [-0.2, 0) is 17.7 Å². The molecule has 22 heavy (non-hydrogen) atoms. The van der Waals surface area contributed by atoms with E-state index in [2.05, 4.69) is 36.0 Å².